The molecule has 5 heteroatoms. The minimum Gasteiger partial charge on any atom is -0.495 e. The molecule has 1 saturated heterocycles. The van der Waals surface area contributed by atoms with Gasteiger partial charge in [0.05, 0.1) is 32.0 Å². The lowest BCUT2D eigenvalue weighted by atomic mass is 9.93. The Balaban J connectivity index is 1.76. The lowest BCUT2D eigenvalue weighted by molar-refractivity contribution is -0.0608. The number of ether oxygens (including phenoxy) is 3. The van der Waals surface area contributed by atoms with Gasteiger partial charge in [-0.2, -0.15) is 5.26 Å². The summed E-state index contributed by atoms with van der Waals surface area (Å²) in [7, 11) is 3.42. The predicted molar refractivity (Wildman–Crippen MR) is 90.9 cm³/mol. The summed E-state index contributed by atoms with van der Waals surface area (Å²) in [4.78, 5) is 2.49. The van der Waals surface area contributed by atoms with Gasteiger partial charge in [0.25, 0.3) is 0 Å². The van der Waals surface area contributed by atoms with Crippen molar-refractivity contribution >= 4 is 0 Å². The van der Waals surface area contributed by atoms with Gasteiger partial charge in [0.15, 0.2) is 0 Å². The third-order valence-corrected chi connectivity index (χ3v) is 5.35. The first kappa shape index (κ1) is 17.2. The normalized spacial score (nSPS) is 27.8. The summed E-state index contributed by atoms with van der Waals surface area (Å²) in [6.45, 7) is 3.29. The van der Waals surface area contributed by atoms with Crippen molar-refractivity contribution in [1.29, 1.82) is 5.26 Å². The molecule has 2 aliphatic rings. The smallest absolute Gasteiger partial charge is 0.136 e. The summed E-state index contributed by atoms with van der Waals surface area (Å²) in [5.74, 6) is 1.17. The summed E-state index contributed by atoms with van der Waals surface area (Å²) in [5, 5.41) is 9.29. The number of nitriles is 1. The van der Waals surface area contributed by atoms with E-state index in [1.165, 1.54) is 12.8 Å². The molecule has 130 valence electrons. The summed E-state index contributed by atoms with van der Waals surface area (Å²) in [6, 6.07) is 8.48. The maximum Gasteiger partial charge on any atom is 0.136 e. The Labute approximate surface area is 144 Å². The molecule has 0 unspecified atom stereocenters. The van der Waals surface area contributed by atoms with Crippen LogP contribution in [0.3, 0.4) is 0 Å². The van der Waals surface area contributed by atoms with Crippen molar-refractivity contribution in [2.75, 3.05) is 34.0 Å². The lowest BCUT2D eigenvalue weighted by Crippen LogP contribution is -2.50. The van der Waals surface area contributed by atoms with Crippen LogP contribution in [0.4, 0.5) is 0 Å². The first-order valence-electron chi connectivity index (χ1n) is 8.68. The number of benzene rings is 1. The van der Waals surface area contributed by atoms with E-state index < -0.39 is 0 Å². The molecule has 0 amide bonds. The summed E-state index contributed by atoms with van der Waals surface area (Å²) >= 11 is 0. The Morgan fingerprint density at radius 2 is 2.21 bits per heavy atom. The molecular formula is C19H26N2O3. The molecule has 1 aromatic rings. The zero-order chi connectivity index (χ0) is 16.9. The van der Waals surface area contributed by atoms with Gasteiger partial charge in [0.2, 0.25) is 0 Å². The van der Waals surface area contributed by atoms with Crippen molar-refractivity contribution in [3.8, 4) is 11.8 Å². The SMILES string of the molecule is COc1ccc(CN2CCOC[C@@H]2[C@H]2CCC[C@@H]2OC)cc1C#N. The number of hydrogen-bond acceptors (Lipinski definition) is 5. The van der Waals surface area contributed by atoms with E-state index in [-0.39, 0.29) is 0 Å². The molecule has 1 aromatic carbocycles. The Bertz CT molecular complexity index is 599. The molecule has 1 aliphatic carbocycles. The maximum atomic E-state index is 9.29. The summed E-state index contributed by atoms with van der Waals surface area (Å²) in [5.41, 5.74) is 1.74. The molecule has 0 bridgehead atoms. The van der Waals surface area contributed by atoms with Gasteiger partial charge in [0, 0.05) is 32.2 Å². The molecule has 0 spiro atoms. The molecule has 1 heterocycles. The molecule has 0 N–H and O–H groups in total. The van der Waals surface area contributed by atoms with Crippen LogP contribution in [0.2, 0.25) is 0 Å². The number of methoxy groups -OCH3 is 2. The second-order valence-electron chi connectivity index (χ2n) is 6.63. The third kappa shape index (κ3) is 3.56. The van der Waals surface area contributed by atoms with Crippen LogP contribution >= 0.6 is 0 Å². The maximum absolute atomic E-state index is 9.29. The molecule has 5 nitrogen and oxygen atoms in total. The van der Waals surface area contributed by atoms with Crippen LogP contribution in [0.15, 0.2) is 18.2 Å². The average molecular weight is 330 g/mol. The standard InChI is InChI=1S/C19H26N2O3/c1-22-18-7-6-14(10-15(18)11-20)12-21-8-9-24-13-17(21)16-4-3-5-19(16)23-2/h6-7,10,16-17,19H,3-5,8-9,12-13H2,1-2H3/t16-,17-,19+/m1/s1. The third-order valence-electron chi connectivity index (χ3n) is 5.35. The molecule has 0 aromatic heterocycles. The van der Waals surface area contributed by atoms with E-state index in [2.05, 4.69) is 17.0 Å². The first-order valence-corrected chi connectivity index (χ1v) is 8.68. The molecule has 3 atom stereocenters. The van der Waals surface area contributed by atoms with E-state index in [0.29, 0.717) is 29.4 Å². The quantitative estimate of drug-likeness (QED) is 0.830. The van der Waals surface area contributed by atoms with E-state index in [4.69, 9.17) is 14.2 Å². The van der Waals surface area contributed by atoms with Gasteiger partial charge >= 0.3 is 0 Å². The lowest BCUT2D eigenvalue weighted by Gasteiger charge is -2.40. The summed E-state index contributed by atoms with van der Waals surface area (Å²) in [6.07, 6.45) is 3.92. The van der Waals surface area contributed by atoms with Crippen molar-refractivity contribution in [2.45, 2.75) is 38.0 Å². The first-order chi connectivity index (χ1) is 11.8. The zero-order valence-electron chi connectivity index (χ0n) is 14.5. The van der Waals surface area contributed by atoms with Gasteiger partial charge in [-0.25, -0.2) is 0 Å². The zero-order valence-corrected chi connectivity index (χ0v) is 14.5. The molecule has 2 fully saturated rings. The minimum absolute atomic E-state index is 0.338. The Hall–Kier alpha value is -1.61. The van der Waals surface area contributed by atoms with Crippen LogP contribution in [0.1, 0.15) is 30.4 Å². The van der Waals surface area contributed by atoms with Gasteiger partial charge in [0.1, 0.15) is 11.8 Å². The molecular weight excluding hydrogens is 304 g/mol. The van der Waals surface area contributed by atoms with Crippen LogP contribution in [0, 0.1) is 17.2 Å². The summed E-state index contributed by atoms with van der Waals surface area (Å²) < 4.78 is 16.7. The van der Waals surface area contributed by atoms with Crippen molar-refractivity contribution in [3.05, 3.63) is 29.3 Å². The van der Waals surface area contributed by atoms with Gasteiger partial charge in [-0.05, 0) is 30.5 Å². The van der Waals surface area contributed by atoms with Crippen LogP contribution in [0.5, 0.6) is 5.75 Å². The van der Waals surface area contributed by atoms with E-state index >= 15 is 0 Å². The highest BCUT2D eigenvalue weighted by Gasteiger charge is 2.38. The number of hydrogen-bond donors (Lipinski definition) is 0. The molecule has 3 rings (SSSR count). The molecule has 1 aliphatic heterocycles. The van der Waals surface area contributed by atoms with E-state index in [0.717, 1.165) is 38.3 Å². The number of nitrogens with zero attached hydrogens (tertiary/aromatic N) is 2. The van der Waals surface area contributed by atoms with Crippen molar-refractivity contribution in [2.24, 2.45) is 5.92 Å². The van der Waals surface area contributed by atoms with E-state index in [1.54, 1.807) is 7.11 Å². The number of rotatable bonds is 5. The highest BCUT2D eigenvalue weighted by molar-refractivity contribution is 5.45. The van der Waals surface area contributed by atoms with E-state index in [1.807, 2.05) is 19.2 Å². The molecule has 1 saturated carbocycles. The highest BCUT2D eigenvalue weighted by Crippen LogP contribution is 2.34. The second-order valence-corrected chi connectivity index (χ2v) is 6.63. The van der Waals surface area contributed by atoms with Gasteiger partial charge in [-0.3, -0.25) is 4.90 Å². The molecule has 24 heavy (non-hydrogen) atoms. The monoisotopic (exact) mass is 330 g/mol. The van der Waals surface area contributed by atoms with Crippen molar-refractivity contribution < 1.29 is 14.2 Å². The Kier molecular flexibility index (Phi) is 5.72. The second kappa shape index (κ2) is 7.98. The van der Waals surface area contributed by atoms with Gasteiger partial charge in [-0.1, -0.05) is 12.5 Å². The van der Waals surface area contributed by atoms with Gasteiger partial charge in [-0.15, -0.1) is 0 Å². The van der Waals surface area contributed by atoms with Crippen molar-refractivity contribution in [1.82, 2.24) is 4.90 Å². The fourth-order valence-corrected chi connectivity index (χ4v) is 4.11. The Morgan fingerprint density at radius 3 is 2.96 bits per heavy atom. The van der Waals surface area contributed by atoms with Gasteiger partial charge < -0.3 is 14.2 Å². The van der Waals surface area contributed by atoms with Crippen LogP contribution < -0.4 is 4.74 Å². The number of morpholine rings is 1. The Morgan fingerprint density at radius 1 is 1.33 bits per heavy atom. The largest absolute Gasteiger partial charge is 0.495 e. The highest BCUT2D eigenvalue weighted by atomic mass is 16.5. The molecule has 0 radical (unpaired) electrons. The average Bonchev–Trinajstić information content (AvgIpc) is 3.10. The van der Waals surface area contributed by atoms with Crippen LogP contribution in [-0.4, -0.2) is 51.0 Å². The minimum atomic E-state index is 0.338. The fourth-order valence-electron chi connectivity index (χ4n) is 4.11. The van der Waals surface area contributed by atoms with E-state index in [9.17, 15) is 5.26 Å². The van der Waals surface area contributed by atoms with Crippen LogP contribution in [-0.2, 0) is 16.0 Å². The van der Waals surface area contributed by atoms with Crippen LogP contribution in [0.25, 0.3) is 0 Å². The fraction of sp³-hybridized carbons (Fsp3) is 0.632. The van der Waals surface area contributed by atoms with Crippen molar-refractivity contribution in [3.63, 3.8) is 0 Å². The topological polar surface area (TPSA) is 54.7 Å². The predicted octanol–water partition coefficient (Wildman–Crippen LogP) is 2.58.